The number of nitrogens with one attached hydrogen (secondary N) is 1. The summed E-state index contributed by atoms with van der Waals surface area (Å²) in [4.78, 5) is 4.46. The quantitative estimate of drug-likeness (QED) is 0.728. The van der Waals surface area contributed by atoms with Crippen molar-refractivity contribution in [3.8, 4) is 5.75 Å². The van der Waals surface area contributed by atoms with Crippen molar-refractivity contribution in [1.29, 1.82) is 0 Å². The second-order valence-electron chi connectivity index (χ2n) is 7.59. The highest BCUT2D eigenvalue weighted by Gasteiger charge is 2.15. The minimum absolute atomic E-state index is 0.129. The fourth-order valence-electron chi connectivity index (χ4n) is 2.64. The van der Waals surface area contributed by atoms with Crippen molar-refractivity contribution < 1.29 is 4.74 Å². The molecule has 3 rings (SSSR count). The number of aromatic amines is 1. The molecule has 0 aliphatic carbocycles. The number of nitrogens with two attached hydrogens (primary N) is 1. The zero-order valence-corrected chi connectivity index (χ0v) is 15.8. The molecular formula is C21H26N4O. The van der Waals surface area contributed by atoms with Crippen molar-refractivity contribution >= 4 is 0 Å². The predicted octanol–water partition coefficient (Wildman–Crippen LogP) is 4.04. The summed E-state index contributed by atoms with van der Waals surface area (Å²) in [5.41, 5.74) is 9.84. The smallest absolute Gasteiger partial charge is 0.172 e. The molecule has 5 heteroatoms. The van der Waals surface area contributed by atoms with Gasteiger partial charge in [0.1, 0.15) is 12.4 Å². The van der Waals surface area contributed by atoms with Gasteiger partial charge in [-0.3, -0.25) is 5.10 Å². The normalized spacial score (nSPS) is 12.8. The number of rotatable bonds is 5. The van der Waals surface area contributed by atoms with Crippen LogP contribution in [0.4, 0.5) is 0 Å². The molecular weight excluding hydrogens is 324 g/mol. The van der Waals surface area contributed by atoms with Gasteiger partial charge in [0.25, 0.3) is 0 Å². The highest BCUT2D eigenvalue weighted by molar-refractivity contribution is 5.31. The van der Waals surface area contributed by atoms with Crippen molar-refractivity contribution in [3.63, 3.8) is 0 Å². The molecule has 26 heavy (non-hydrogen) atoms. The lowest BCUT2D eigenvalue weighted by Crippen LogP contribution is -2.13. The van der Waals surface area contributed by atoms with Crippen LogP contribution in [0.5, 0.6) is 5.75 Å². The van der Waals surface area contributed by atoms with Crippen LogP contribution in [0.3, 0.4) is 0 Å². The third-order valence-electron chi connectivity index (χ3n) is 4.36. The van der Waals surface area contributed by atoms with Gasteiger partial charge in [-0.15, -0.1) is 0 Å². The van der Waals surface area contributed by atoms with Crippen molar-refractivity contribution in [1.82, 2.24) is 15.2 Å². The lowest BCUT2D eigenvalue weighted by atomic mass is 9.87. The van der Waals surface area contributed by atoms with Gasteiger partial charge in [-0.25, -0.2) is 4.98 Å². The Labute approximate surface area is 154 Å². The molecule has 0 aliphatic heterocycles. The number of ether oxygens (including phenoxy) is 1. The van der Waals surface area contributed by atoms with Crippen LogP contribution in [-0.4, -0.2) is 15.2 Å². The second kappa shape index (κ2) is 7.30. The molecule has 0 unspecified atom stereocenters. The van der Waals surface area contributed by atoms with E-state index in [0.717, 1.165) is 11.3 Å². The highest BCUT2D eigenvalue weighted by Crippen LogP contribution is 2.24. The van der Waals surface area contributed by atoms with E-state index in [4.69, 9.17) is 10.5 Å². The summed E-state index contributed by atoms with van der Waals surface area (Å²) in [7, 11) is 0. The van der Waals surface area contributed by atoms with E-state index in [1.54, 1.807) is 0 Å². The number of nitrogens with zero attached hydrogens (tertiary/aromatic N) is 2. The van der Waals surface area contributed by atoms with Crippen LogP contribution in [0.2, 0.25) is 0 Å². The molecule has 2 aromatic carbocycles. The van der Waals surface area contributed by atoms with Crippen LogP contribution in [0, 0.1) is 6.92 Å². The first-order chi connectivity index (χ1) is 12.3. The van der Waals surface area contributed by atoms with Gasteiger partial charge in [0.15, 0.2) is 11.6 Å². The zero-order valence-electron chi connectivity index (χ0n) is 15.8. The third-order valence-corrected chi connectivity index (χ3v) is 4.36. The topological polar surface area (TPSA) is 76.8 Å². The first kappa shape index (κ1) is 18.1. The fourth-order valence-corrected chi connectivity index (χ4v) is 2.64. The molecule has 0 bridgehead atoms. The van der Waals surface area contributed by atoms with Gasteiger partial charge in [-0.1, -0.05) is 62.7 Å². The maximum absolute atomic E-state index is 6.26. The van der Waals surface area contributed by atoms with Crippen molar-refractivity contribution in [3.05, 3.63) is 76.9 Å². The maximum atomic E-state index is 6.26. The average molecular weight is 350 g/mol. The first-order valence-electron chi connectivity index (χ1n) is 8.79. The summed E-state index contributed by atoms with van der Waals surface area (Å²) in [6.07, 6.45) is 0. The van der Waals surface area contributed by atoms with E-state index in [0.29, 0.717) is 18.3 Å². The van der Waals surface area contributed by atoms with Crippen LogP contribution in [0.15, 0.2) is 48.5 Å². The largest absolute Gasteiger partial charge is 0.486 e. The number of aromatic nitrogens is 3. The maximum Gasteiger partial charge on any atom is 0.172 e. The molecule has 3 aromatic rings. The lowest BCUT2D eigenvalue weighted by molar-refractivity contribution is 0.296. The van der Waals surface area contributed by atoms with Gasteiger partial charge in [0, 0.05) is 0 Å². The molecule has 0 spiro atoms. The number of aryl methyl sites for hydroxylation is 1. The summed E-state index contributed by atoms with van der Waals surface area (Å²) in [5.74, 6) is 2.02. The van der Waals surface area contributed by atoms with Crippen molar-refractivity contribution in [2.75, 3.05) is 0 Å². The van der Waals surface area contributed by atoms with Crippen molar-refractivity contribution in [2.45, 2.75) is 45.8 Å². The Bertz CT molecular complexity index is 845. The van der Waals surface area contributed by atoms with Crippen LogP contribution < -0.4 is 10.5 Å². The van der Waals surface area contributed by atoms with Gasteiger partial charge in [0.2, 0.25) is 0 Å². The Balaban J connectivity index is 1.62. The van der Waals surface area contributed by atoms with E-state index in [-0.39, 0.29) is 11.5 Å². The molecule has 0 saturated heterocycles. The molecule has 3 N–H and O–H groups in total. The molecule has 0 aliphatic rings. The molecule has 5 nitrogen and oxygen atoms in total. The first-order valence-corrected chi connectivity index (χ1v) is 8.79. The van der Waals surface area contributed by atoms with Crippen LogP contribution in [-0.2, 0) is 12.0 Å². The SMILES string of the molecule is Cc1ccc([C@H](N)c2n[nH]c(COc3ccc(C(C)(C)C)cc3)n2)cc1. The molecule has 0 fully saturated rings. The summed E-state index contributed by atoms with van der Waals surface area (Å²) in [5, 5.41) is 7.14. The lowest BCUT2D eigenvalue weighted by Gasteiger charge is -2.19. The molecule has 1 aromatic heterocycles. The summed E-state index contributed by atoms with van der Waals surface area (Å²) in [6.45, 7) is 8.94. The van der Waals surface area contributed by atoms with Crippen LogP contribution in [0.1, 0.15) is 55.2 Å². The third kappa shape index (κ3) is 4.29. The summed E-state index contributed by atoms with van der Waals surface area (Å²) in [6, 6.07) is 15.9. The van der Waals surface area contributed by atoms with E-state index >= 15 is 0 Å². The highest BCUT2D eigenvalue weighted by atomic mass is 16.5. The fraction of sp³-hybridized carbons (Fsp3) is 0.333. The predicted molar refractivity (Wildman–Crippen MR) is 103 cm³/mol. The van der Waals surface area contributed by atoms with Gasteiger partial charge < -0.3 is 10.5 Å². The minimum atomic E-state index is -0.355. The van der Waals surface area contributed by atoms with Crippen LogP contribution in [0.25, 0.3) is 0 Å². The standard InChI is InChI=1S/C21H26N4O/c1-14-5-7-15(8-6-14)19(22)20-23-18(24-25-20)13-26-17-11-9-16(10-12-17)21(2,3)4/h5-12,19H,13,22H2,1-4H3,(H,23,24,25)/t19-/m0/s1. The van der Waals surface area contributed by atoms with Gasteiger partial charge >= 0.3 is 0 Å². The van der Waals surface area contributed by atoms with Crippen LogP contribution >= 0.6 is 0 Å². The van der Waals surface area contributed by atoms with Gasteiger partial charge in [-0.05, 0) is 35.6 Å². The van der Waals surface area contributed by atoms with E-state index in [9.17, 15) is 0 Å². The number of hydrogen-bond acceptors (Lipinski definition) is 4. The molecule has 0 radical (unpaired) electrons. The molecule has 136 valence electrons. The monoisotopic (exact) mass is 350 g/mol. The Morgan fingerprint density at radius 1 is 1.04 bits per heavy atom. The molecule has 1 heterocycles. The Kier molecular flexibility index (Phi) is 5.09. The Hall–Kier alpha value is -2.66. The zero-order chi connectivity index (χ0) is 18.7. The van der Waals surface area contributed by atoms with E-state index in [1.807, 2.05) is 43.3 Å². The van der Waals surface area contributed by atoms with Gasteiger partial charge in [-0.2, -0.15) is 5.10 Å². The molecule has 1 atom stereocenters. The Morgan fingerprint density at radius 3 is 2.31 bits per heavy atom. The minimum Gasteiger partial charge on any atom is -0.486 e. The number of benzene rings is 2. The van der Waals surface area contributed by atoms with E-state index < -0.39 is 0 Å². The van der Waals surface area contributed by atoms with Gasteiger partial charge in [0.05, 0.1) is 6.04 Å². The molecule has 0 amide bonds. The number of H-pyrrole nitrogens is 1. The summed E-state index contributed by atoms with van der Waals surface area (Å²) < 4.78 is 5.80. The summed E-state index contributed by atoms with van der Waals surface area (Å²) >= 11 is 0. The molecule has 0 saturated carbocycles. The van der Waals surface area contributed by atoms with E-state index in [2.05, 4.69) is 48.1 Å². The number of hydrogen-bond donors (Lipinski definition) is 2. The average Bonchev–Trinajstić information content (AvgIpc) is 3.08. The Morgan fingerprint density at radius 2 is 1.69 bits per heavy atom. The van der Waals surface area contributed by atoms with E-state index in [1.165, 1.54) is 11.1 Å². The second-order valence-corrected chi connectivity index (χ2v) is 7.59. The van der Waals surface area contributed by atoms with Crippen molar-refractivity contribution in [2.24, 2.45) is 5.73 Å².